The van der Waals surface area contributed by atoms with Gasteiger partial charge in [-0.3, -0.25) is 4.79 Å². The number of rotatable bonds is 6. The number of piperidine rings is 1. The lowest BCUT2D eigenvalue weighted by atomic mass is 9.94. The molecule has 152 valence electrons. The summed E-state index contributed by atoms with van der Waals surface area (Å²) in [6, 6.07) is -0.381. The molecule has 3 heterocycles. The molecule has 0 bridgehead atoms. The first-order chi connectivity index (χ1) is 13.0. The molecule has 0 aliphatic carbocycles. The second-order valence-corrected chi connectivity index (χ2v) is 7.74. The molecule has 9 nitrogen and oxygen atoms in total. The van der Waals surface area contributed by atoms with Crippen LogP contribution in [0.2, 0.25) is 0 Å². The summed E-state index contributed by atoms with van der Waals surface area (Å²) in [5.41, 5.74) is 0. The van der Waals surface area contributed by atoms with Crippen LogP contribution in [0.1, 0.15) is 56.7 Å². The minimum absolute atomic E-state index is 0.256. The Morgan fingerprint density at radius 2 is 2.07 bits per heavy atom. The molecule has 0 saturated carbocycles. The van der Waals surface area contributed by atoms with Gasteiger partial charge in [0.2, 0.25) is 11.8 Å². The van der Waals surface area contributed by atoms with Crippen LogP contribution in [0, 0.1) is 0 Å². The first-order valence-electron chi connectivity index (χ1n) is 9.73. The standard InChI is InChI=1S/C18H30N4O5/c1-11(2)17-20-18(27-21-17)12-3-6-22(7-4-12)9-14-16(25)13(5-8-26-14)19-15(24)10-23/h11-14,16,23,25H,3-10H2,1-2H3,(H,19,24)/t13-,14+,16-/m0/s1. The molecule has 27 heavy (non-hydrogen) atoms. The maximum Gasteiger partial charge on any atom is 0.246 e. The largest absolute Gasteiger partial charge is 0.388 e. The molecule has 2 saturated heterocycles. The molecule has 3 atom stereocenters. The van der Waals surface area contributed by atoms with E-state index >= 15 is 0 Å². The number of aromatic nitrogens is 2. The first-order valence-corrected chi connectivity index (χ1v) is 9.73. The van der Waals surface area contributed by atoms with Gasteiger partial charge in [0.15, 0.2) is 5.82 Å². The highest BCUT2D eigenvalue weighted by molar-refractivity contribution is 5.77. The third kappa shape index (κ3) is 5.04. The number of ether oxygens (including phenoxy) is 1. The van der Waals surface area contributed by atoms with Gasteiger partial charge >= 0.3 is 0 Å². The SMILES string of the molecule is CC(C)c1noc(C2CCN(C[C@H]3OCC[C@H](NC(=O)CO)[C@@H]3O)CC2)n1. The summed E-state index contributed by atoms with van der Waals surface area (Å²) in [6.07, 6.45) is 1.26. The molecule has 2 aliphatic heterocycles. The summed E-state index contributed by atoms with van der Waals surface area (Å²) in [7, 11) is 0. The Morgan fingerprint density at radius 3 is 2.70 bits per heavy atom. The Kier molecular flexibility index (Phi) is 6.80. The van der Waals surface area contributed by atoms with Gasteiger partial charge in [0.05, 0.1) is 12.1 Å². The van der Waals surface area contributed by atoms with Crippen molar-refractivity contribution in [2.75, 3.05) is 32.8 Å². The fraction of sp³-hybridized carbons (Fsp3) is 0.833. The van der Waals surface area contributed by atoms with E-state index in [1.807, 2.05) is 13.8 Å². The van der Waals surface area contributed by atoms with Crippen LogP contribution >= 0.6 is 0 Å². The molecule has 0 aromatic carbocycles. The molecule has 1 aromatic rings. The van der Waals surface area contributed by atoms with Gasteiger partial charge in [-0.15, -0.1) is 0 Å². The number of nitrogens with zero attached hydrogens (tertiary/aromatic N) is 3. The lowest BCUT2D eigenvalue weighted by molar-refractivity contribution is -0.132. The smallest absolute Gasteiger partial charge is 0.246 e. The van der Waals surface area contributed by atoms with Crippen LogP contribution in [0.3, 0.4) is 0 Å². The lowest BCUT2D eigenvalue weighted by Crippen LogP contribution is -2.56. The van der Waals surface area contributed by atoms with Crippen molar-refractivity contribution in [2.45, 2.75) is 63.2 Å². The Balaban J connectivity index is 1.48. The van der Waals surface area contributed by atoms with Crippen LogP contribution in [0.5, 0.6) is 0 Å². The number of amides is 1. The van der Waals surface area contributed by atoms with E-state index in [1.54, 1.807) is 0 Å². The number of hydrogen-bond acceptors (Lipinski definition) is 8. The molecule has 0 radical (unpaired) electrons. The summed E-state index contributed by atoms with van der Waals surface area (Å²) >= 11 is 0. The number of nitrogens with one attached hydrogen (secondary N) is 1. The molecule has 2 aliphatic rings. The van der Waals surface area contributed by atoms with E-state index in [1.165, 1.54) is 0 Å². The van der Waals surface area contributed by atoms with Gasteiger partial charge < -0.3 is 29.7 Å². The van der Waals surface area contributed by atoms with Crippen molar-refractivity contribution in [3.63, 3.8) is 0 Å². The van der Waals surface area contributed by atoms with Crippen LogP contribution in [0.25, 0.3) is 0 Å². The quantitative estimate of drug-likeness (QED) is 0.629. The molecule has 3 N–H and O–H groups in total. The van der Waals surface area contributed by atoms with Crippen molar-refractivity contribution in [3.8, 4) is 0 Å². The molecular formula is C18H30N4O5. The summed E-state index contributed by atoms with van der Waals surface area (Å²) in [5.74, 6) is 1.53. The van der Waals surface area contributed by atoms with Crippen molar-refractivity contribution in [1.29, 1.82) is 0 Å². The van der Waals surface area contributed by atoms with Gasteiger partial charge in [-0.2, -0.15) is 4.98 Å². The molecular weight excluding hydrogens is 352 g/mol. The number of hydrogen-bond donors (Lipinski definition) is 3. The van der Waals surface area contributed by atoms with E-state index in [-0.39, 0.29) is 24.0 Å². The Hall–Kier alpha value is -1.55. The Bertz CT molecular complexity index is 615. The third-order valence-electron chi connectivity index (χ3n) is 5.39. The number of carbonyl (C=O) groups is 1. The van der Waals surface area contributed by atoms with E-state index in [2.05, 4.69) is 20.4 Å². The number of carbonyl (C=O) groups excluding carboxylic acids is 1. The predicted octanol–water partition coefficient (Wildman–Crippen LogP) is -0.000700. The van der Waals surface area contributed by atoms with Crippen LogP contribution < -0.4 is 5.32 Å². The fourth-order valence-electron chi connectivity index (χ4n) is 3.71. The van der Waals surface area contributed by atoms with Gasteiger partial charge in [0.25, 0.3) is 0 Å². The van der Waals surface area contributed by atoms with E-state index in [0.29, 0.717) is 19.6 Å². The molecule has 1 amide bonds. The van der Waals surface area contributed by atoms with Crippen LogP contribution in [-0.2, 0) is 9.53 Å². The highest BCUT2D eigenvalue weighted by Gasteiger charge is 2.35. The maximum atomic E-state index is 11.4. The minimum Gasteiger partial charge on any atom is -0.388 e. The van der Waals surface area contributed by atoms with E-state index in [0.717, 1.165) is 37.6 Å². The van der Waals surface area contributed by atoms with E-state index < -0.39 is 18.6 Å². The zero-order valence-electron chi connectivity index (χ0n) is 16.0. The third-order valence-corrected chi connectivity index (χ3v) is 5.39. The zero-order chi connectivity index (χ0) is 19.4. The predicted molar refractivity (Wildman–Crippen MR) is 96.2 cm³/mol. The topological polar surface area (TPSA) is 121 Å². The Morgan fingerprint density at radius 1 is 1.33 bits per heavy atom. The molecule has 0 unspecified atom stereocenters. The van der Waals surface area contributed by atoms with Crippen LogP contribution in [0.4, 0.5) is 0 Å². The van der Waals surface area contributed by atoms with E-state index in [4.69, 9.17) is 14.4 Å². The van der Waals surface area contributed by atoms with Crippen molar-refractivity contribution in [3.05, 3.63) is 11.7 Å². The zero-order valence-corrected chi connectivity index (χ0v) is 16.0. The first kappa shape index (κ1) is 20.2. The molecule has 1 aromatic heterocycles. The van der Waals surface area contributed by atoms with Crippen molar-refractivity contribution in [1.82, 2.24) is 20.4 Å². The average Bonchev–Trinajstić information content (AvgIpc) is 3.16. The number of aliphatic hydroxyl groups is 2. The second-order valence-electron chi connectivity index (χ2n) is 7.74. The van der Waals surface area contributed by atoms with Crippen molar-refractivity contribution >= 4 is 5.91 Å². The van der Waals surface area contributed by atoms with Crippen LogP contribution in [0.15, 0.2) is 4.52 Å². The maximum absolute atomic E-state index is 11.4. The van der Waals surface area contributed by atoms with Crippen LogP contribution in [-0.4, -0.2) is 82.3 Å². The monoisotopic (exact) mass is 382 g/mol. The highest BCUT2D eigenvalue weighted by Crippen LogP contribution is 2.28. The van der Waals surface area contributed by atoms with Crippen molar-refractivity contribution in [2.24, 2.45) is 0 Å². The van der Waals surface area contributed by atoms with Gasteiger partial charge in [-0.25, -0.2) is 0 Å². The fourth-order valence-corrected chi connectivity index (χ4v) is 3.71. The van der Waals surface area contributed by atoms with Gasteiger partial charge in [-0.1, -0.05) is 19.0 Å². The minimum atomic E-state index is -0.781. The number of aliphatic hydroxyl groups excluding tert-OH is 2. The highest BCUT2D eigenvalue weighted by atomic mass is 16.5. The summed E-state index contributed by atoms with van der Waals surface area (Å²) in [6.45, 7) is 6.34. The number of likely N-dealkylation sites (tertiary alicyclic amines) is 1. The summed E-state index contributed by atoms with van der Waals surface area (Å²) in [5, 5.41) is 26.1. The molecule has 0 spiro atoms. The Labute approximate surface area is 159 Å². The van der Waals surface area contributed by atoms with Gasteiger partial charge in [0.1, 0.15) is 12.7 Å². The van der Waals surface area contributed by atoms with E-state index in [9.17, 15) is 9.90 Å². The average molecular weight is 382 g/mol. The summed E-state index contributed by atoms with van der Waals surface area (Å²) in [4.78, 5) is 18.2. The second kappa shape index (κ2) is 9.09. The molecule has 9 heteroatoms. The van der Waals surface area contributed by atoms with Gasteiger partial charge in [-0.05, 0) is 32.4 Å². The molecule has 3 rings (SSSR count). The van der Waals surface area contributed by atoms with Gasteiger partial charge in [0, 0.05) is 25.0 Å². The molecule has 2 fully saturated rings. The van der Waals surface area contributed by atoms with Crippen molar-refractivity contribution < 1.29 is 24.3 Å². The lowest BCUT2D eigenvalue weighted by Gasteiger charge is -2.39. The summed E-state index contributed by atoms with van der Waals surface area (Å²) < 4.78 is 11.2. The normalized spacial score (nSPS) is 27.8.